The second kappa shape index (κ2) is 7.66. The molecule has 1 saturated heterocycles. The number of nitrogens with one attached hydrogen (secondary N) is 1. The topological polar surface area (TPSA) is 50.2 Å². The maximum atomic E-state index is 13.6. The van der Waals surface area contributed by atoms with E-state index in [1.165, 1.54) is 11.1 Å². The molecule has 0 saturated carbocycles. The predicted octanol–water partition coefficient (Wildman–Crippen LogP) is 5.63. The Morgan fingerprint density at radius 3 is 2.53 bits per heavy atom. The fourth-order valence-electron chi connectivity index (χ4n) is 5.18. The summed E-state index contributed by atoms with van der Waals surface area (Å²) in [6.45, 7) is 8.01. The van der Waals surface area contributed by atoms with Crippen LogP contribution in [0.5, 0.6) is 0 Å². The molecule has 2 atom stereocenters. The molecule has 2 aromatic carbocycles. The van der Waals surface area contributed by atoms with Gasteiger partial charge in [0.1, 0.15) is 11.4 Å². The van der Waals surface area contributed by atoms with E-state index in [0.717, 1.165) is 30.2 Å². The smallest absolute Gasteiger partial charge is 0.259 e. The SMILES string of the molecule is CC1(c2ccc(Cl)cc2)CCN(C(=O)c2cnn3c2N[C@@H](c2ccccc2)CC3(C)C)C1. The van der Waals surface area contributed by atoms with E-state index < -0.39 is 0 Å². The van der Waals surface area contributed by atoms with Crippen molar-refractivity contribution in [1.29, 1.82) is 0 Å². The Balaban J connectivity index is 1.42. The molecule has 0 aliphatic carbocycles. The fourth-order valence-corrected chi connectivity index (χ4v) is 5.31. The van der Waals surface area contributed by atoms with Crippen molar-refractivity contribution < 1.29 is 4.79 Å². The monoisotopic (exact) mass is 448 g/mol. The summed E-state index contributed by atoms with van der Waals surface area (Å²) in [5.74, 6) is 0.862. The van der Waals surface area contributed by atoms with Gasteiger partial charge in [-0.2, -0.15) is 5.10 Å². The number of rotatable bonds is 3. The molecule has 3 heterocycles. The Kier molecular flexibility index (Phi) is 5.05. The van der Waals surface area contributed by atoms with Gasteiger partial charge in [-0.15, -0.1) is 0 Å². The Morgan fingerprint density at radius 2 is 1.81 bits per heavy atom. The van der Waals surface area contributed by atoms with Gasteiger partial charge in [0.05, 0.1) is 17.8 Å². The summed E-state index contributed by atoms with van der Waals surface area (Å²) < 4.78 is 1.98. The molecule has 166 valence electrons. The molecule has 6 heteroatoms. The summed E-state index contributed by atoms with van der Waals surface area (Å²) in [6.07, 6.45) is 3.56. The van der Waals surface area contributed by atoms with Crippen LogP contribution in [0.25, 0.3) is 0 Å². The first-order valence-electron chi connectivity index (χ1n) is 11.2. The Hall–Kier alpha value is -2.79. The summed E-state index contributed by atoms with van der Waals surface area (Å²) in [7, 11) is 0. The highest BCUT2D eigenvalue weighted by molar-refractivity contribution is 6.30. The first-order valence-corrected chi connectivity index (χ1v) is 11.6. The molecule has 3 aromatic rings. The van der Waals surface area contributed by atoms with E-state index in [1.807, 2.05) is 27.8 Å². The van der Waals surface area contributed by atoms with Crippen molar-refractivity contribution in [3.05, 3.63) is 82.5 Å². The van der Waals surface area contributed by atoms with Crippen LogP contribution in [0, 0.1) is 0 Å². The number of hydrogen-bond acceptors (Lipinski definition) is 3. The van der Waals surface area contributed by atoms with Crippen LogP contribution >= 0.6 is 11.6 Å². The van der Waals surface area contributed by atoms with Gasteiger partial charge in [-0.3, -0.25) is 4.79 Å². The van der Waals surface area contributed by atoms with E-state index in [2.05, 4.69) is 67.6 Å². The van der Waals surface area contributed by atoms with Gasteiger partial charge in [-0.25, -0.2) is 4.68 Å². The molecular formula is C26H29ClN4O. The van der Waals surface area contributed by atoms with Gasteiger partial charge < -0.3 is 10.2 Å². The number of carbonyl (C=O) groups is 1. The number of anilines is 1. The molecule has 1 amide bonds. The average molecular weight is 449 g/mol. The highest BCUT2D eigenvalue weighted by Gasteiger charge is 2.41. The number of carbonyl (C=O) groups excluding carboxylic acids is 1. The summed E-state index contributed by atoms with van der Waals surface area (Å²) in [6, 6.07) is 18.6. The lowest BCUT2D eigenvalue weighted by Gasteiger charge is -2.38. The third-order valence-corrected chi connectivity index (χ3v) is 7.34. The number of halogens is 1. The first kappa shape index (κ1) is 21.1. The number of amides is 1. The second-order valence-electron chi connectivity index (χ2n) is 9.99. The zero-order valence-electron chi connectivity index (χ0n) is 18.8. The molecular weight excluding hydrogens is 420 g/mol. The number of likely N-dealkylation sites (tertiary alicyclic amines) is 1. The van der Waals surface area contributed by atoms with Crippen LogP contribution in [0.2, 0.25) is 5.02 Å². The van der Waals surface area contributed by atoms with E-state index >= 15 is 0 Å². The van der Waals surface area contributed by atoms with E-state index in [9.17, 15) is 4.79 Å². The van der Waals surface area contributed by atoms with Gasteiger partial charge in [0.2, 0.25) is 0 Å². The number of fused-ring (bicyclic) bond motifs is 1. The minimum absolute atomic E-state index is 0.0425. The van der Waals surface area contributed by atoms with Crippen LogP contribution in [-0.2, 0) is 11.0 Å². The van der Waals surface area contributed by atoms with Gasteiger partial charge in [0, 0.05) is 23.5 Å². The number of benzene rings is 2. The predicted molar refractivity (Wildman–Crippen MR) is 128 cm³/mol. The van der Waals surface area contributed by atoms with Crippen molar-refractivity contribution in [2.45, 2.75) is 50.6 Å². The van der Waals surface area contributed by atoms with E-state index in [4.69, 9.17) is 11.6 Å². The van der Waals surface area contributed by atoms with Crippen LogP contribution in [0.3, 0.4) is 0 Å². The zero-order chi connectivity index (χ0) is 22.5. The Labute approximate surface area is 194 Å². The molecule has 1 unspecified atom stereocenters. The van der Waals surface area contributed by atoms with Gasteiger partial charge in [-0.1, -0.05) is 61.0 Å². The summed E-state index contributed by atoms with van der Waals surface area (Å²) in [5.41, 5.74) is 2.83. The lowest BCUT2D eigenvalue weighted by atomic mass is 9.82. The average Bonchev–Trinajstić information content (AvgIpc) is 3.39. The van der Waals surface area contributed by atoms with Crippen molar-refractivity contribution in [2.24, 2.45) is 0 Å². The molecule has 5 rings (SSSR count). The van der Waals surface area contributed by atoms with Crippen molar-refractivity contribution in [1.82, 2.24) is 14.7 Å². The standard InChI is InChI=1S/C26H29ClN4O/c1-25(2)15-22(18-7-5-4-6-8-18)29-23-21(16-28-31(23)25)24(32)30-14-13-26(3,17-30)19-9-11-20(27)12-10-19/h4-12,16,22,29H,13-15,17H2,1-3H3/t22-,26?/m1/s1. The highest BCUT2D eigenvalue weighted by atomic mass is 35.5. The van der Waals surface area contributed by atoms with E-state index in [0.29, 0.717) is 12.1 Å². The minimum atomic E-state index is -0.192. The number of aromatic nitrogens is 2. The van der Waals surface area contributed by atoms with Gasteiger partial charge in [0.15, 0.2) is 0 Å². The molecule has 1 N–H and O–H groups in total. The van der Waals surface area contributed by atoms with Crippen LogP contribution in [-0.4, -0.2) is 33.7 Å². The number of hydrogen-bond donors (Lipinski definition) is 1. The second-order valence-corrected chi connectivity index (χ2v) is 10.4. The van der Waals surface area contributed by atoms with Gasteiger partial charge >= 0.3 is 0 Å². The van der Waals surface area contributed by atoms with E-state index in [-0.39, 0.29) is 22.9 Å². The van der Waals surface area contributed by atoms with Crippen molar-refractivity contribution in [2.75, 3.05) is 18.4 Å². The lowest BCUT2D eigenvalue weighted by molar-refractivity contribution is 0.0785. The highest BCUT2D eigenvalue weighted by Crippen LogP contribution is 2.41. The Morgan fingerprint density at radius 1 is 1.09 bits per heavy atom. The maximum absolute atomic E-state index is 13.6. The van der Waals surface area contributed by atoms with Crippen LogP contribution in [0.4, 0.5) is 5.82 Å². The number of nitrogens with zero attached hydrogens (tertiary/aromatic N) is 3. The van der Waals surface area contributed by atoms with Gasteiger partial charge in [-0.05, 0) is 49.9 Å². The van der Waals surface area contributed by atoms with Crippen molar-refractivity contribution in [3.8, 4) is 0 Å². The summed E-state index contributed by atoms with van der Waals surface area (Å²) in [5, 5.41) is 8.98. The normalized spacial score (nSPS) is 24.1. The van der Waals surface area contributed by atoms with Crippen LogP contribution in [0.1, 0.15) is 61.1 Å². The quantitative estimate of drug-likeness (QED) is 0.564. The Bertz CT molecular complexity index is 1140. The molecule has 2 aliphatic rings. The molecule has 32 heavy (non-hydrogen) atoms. The molecule has 5 nitrogen and oxygen atoms in total. The molecule has 0 spiro atoms. The van der Waals surface area contributed by atoms with Crippen molar-refractivity contribution >= 4 is 23.3 Å². The molecule has 2 aliphatic heterocycles. The summed E-state index contributed by atoms with van der Waals surface area (Å²) >= 11 is 6.08. The maximum Gasteiger partial charge on any atom is 0.259 e. The van der Waals surface area contributed by atoms with Crippen molar-refractivity contribution in [3.63, 3.8) is 0 Å². The third-order valence-electron chi connectivity index (χ3n) is 7.09. The molecule has 1 aromatic heterocycles. The molecule has 0 radical (unpaired) electrons. The first-order chi connectivity index (χ1) is 15.3. The zero-order valence-corrected chi connectivity index (χ0v) is 19.6. The largest absolute Gasteiger partial charge is 0.363 e. The van der Waals surface area contributed by atoms with Crippen LogP contribution < -0.4 is 5.32 Å². The third kappa shape index (κ3) is 3.58. The molecule has 0 bridgehead atoms. The molecule has 1 fully saturated rings. The minimum Gasteiger partial charge on any atom is -0.363 e. The van der Waals surface area contributed by atoms with Crippen LogP contribution in [0.15, 0.2) is 60.8 Å². The fraction of sp³-hybridized carbons (Fsp3) is 0.385. The van der Waals surface area contributed by atoms with Gasteiger partial charge in [0.25, 0.3) is 5.91 Å². The summed E-state index contributed by atoms with van der Waals surface area (Å²) in [4.78, 5) is 15.6. The lowest BCUT2D eigenvalue weighted by Crippen LogP contribution is -2.39. The van der Waals surface area contributed by atoms with E-state index in [1.54, 1.807) is 6.20 Å².